The van der Waals surface area contributed by atoms with Crippen LogP contribution in [0.15, 0.2) is 36.4 Å². The smallest absolute Gasteiger partial charge is 0.262 e. The van der Waals surface area contributed by atoms with E-state index in [1.54, 1.807) is 4.68 Å². The molecule has 0 unspecified atom stereocenters. The van der Waals surface area contributed by atoms with Gasteiger partial charge in [0.25, 0.3) is 11.9 Å². The number of hydrogen-bond donors (Lipinski definition) is 1. The molecule has 1 amide bonds. The first kappa shape index (κ1) is 20.5. The highest BCUT2D eigenvalue weighted by atomic mass is 16.5. The summed E-state index contributed by atoms with van der Waals surface area (Å²) < 4.78 is 7.38. The van der Waals surface area contributed by atoms with Gasteiger partial charge in [-0.3, -0.25) is 4.79 Å². The number of carbonyl (C=O) groups excluding carboxylic acids is 1. The predicted octanol–water partition coefficient (Wildman–Crippen LogP) is 3.90. The van der Waals surface area contributed by atoms with Crippen molar-refractivity contribution in [3.05, 3.63) is 59.0 Å². The Morgan fingerprint density at radius 1 is 1.07 bits per heavy atom. The number of aromatic nitrogens is 4. The molecule has 0 atom stereocenters. The minimum atomic E-state index is -0.248. The number of carbonyl (C=O) groups is 1. The lowest BCUT2D eigenvalue weighted by Crippen LogP contribution is -2.21. The molecule has 2 aromatic heterocycles. The maximum atomic E-state index is 12.4. The maximum absolute atomic E-state index is 12.4. The second kappa shape index (κ2) is 8.03. The Morgan fingerprint density at radius 3 is 2.38 bits per heavy atom. The Bertz CT molecular complexity index is 1010. The molecule has 7 heteroatoms. The third-order valence-electron chi connectivity index (χ3n) is 4.26. The van der Waals surface area contributed by atoms with Gasteiger partial charge in [-0.1, -0.05) is 32.9 Å². The van der Waals surface area contributed by atoms with Gasteiger partial charge < -0.3 is 10.1 Å². The van der Waals surface area contributed by atoms with Crippen LogP contribution in [0.3, 0.4) is 0 Å². The molecule has 0 aliphatic carbocycles. The molecule has 0 fully saturated rings. The van der Waals surface area contributed by atoms with Gasteiger partial charge in [-0.05, 0) is 44.5 Å². The fourth-order valence-corrected chi connectivity index (χ4v) is 2.84. The maximum Gasteiger partial charge on any atom is 0.262 e. The average molecular weight is 393 g/mol. The van der Waals surface area contributed by atoms with Crippen molar-refractivity contribution in [2.45, 2.75) is 47.0 Å². The summed E-state index contributed by atoms with van der Waals surface area (Å²) in [6.45, 7) is 11.8. The van der Waals surface area contributed by atoms with Crippen molar-refractivity contribution < 1.29 is 9.53 Å². The molecule has 29 heavy (non-hydrogen) atoms. The SMILES string of the molecule is Cc1cccc(NC(=O)COc2cc(C(C)(C)C)nn2-c2nc(C)cc(C)n2)c1. The Balaban J connectivity index is 1.84. The van der Waals surface area contributed by atoms with Crippen molar-refractivity contribution in [2.24, 2.45) is 0 Å². The Labute approximate surface area is 171 Å². The molecule has 3 aromatic rings. The van der Waals surface area contributed by atoms with Gasteiger partial charge in [0.05, 0.1) is 5.69 Å². The third kappa shape index (κ3) is 5.19. The van der Waals surface area contributed by atoms with E-state index in [-0.39, 0.29) is 17.9 Å². The quantitative estimate of drug-likeness (QED) is 0.711. The van der Waals surface area contributed by atoms with E-state index in [1.165, 1.54) is 0 Å². The molecule has 152 valence electrons. The normalized spacial score (nSPS) is 11.4. The van der Waals surface area contributed by atoms with E-state index in [0.29, 0.717) is 11.8 Å². The molecule has 0 bridgehead atoms. The monoisotopic (exact) mass is 393 g/mol. The lowest BCUT2D eigenvalue weighted by Gasteiger charge is -2.13. The fourth-order valence-electron chi connectivity index (χ4n) is 2.84. The summed E-state index contributed by atoms with van der Waals surface area (Å²) in [6.07, 6.45) is 0. The molecule has 7 nitrogen and oxygen atoms in total. The van der Waals surface area contributed by atoms with E-state index in [2.05, 4.69) is 41.2 Å². The number of amides is 1. The third-order valence-corrected chi connectivity index (χ3v) is 4.26. The first-order valence-electron chi connectivity index (χ1n) is 9.54. The first-order chi connectivity index (χ1) is 13.6. The van der Waals surface area contributed by atoms with Crippen LogP contribution in [0.4, 0.5) is 5.69 Å². The van der Waals surface area contributed by atoms with Gasteiger partial charge in [-0.25, -0.2) is 9.97 Å². The molecular weight excluding hydrogens is 366 g/mol. The number of hydrogen-bond acceptors (Lipinski definition) is 5. The largest absolute Gasteiger partial charge is 0.467 e. The van der Waals surface area contributed by atoms with E-state index in [1.807, 2.05) is 57.2 Å². The Hall–Kier alpha value is -3.22. The van der Waals surface area contributed by atoms with Gasteiger partial charge in [-0.15, -0.1) is 0 Å². The minimum absolute atomic E-state index is 0.145. The van der Waals surface area contributed by atoms with E-state index in [0.717, 1.165) is 28.3 Å². The van der Waals surface area contributed by atoms with Crippen LogP contribution in [0.25, 0.3) is 5.95 Å². The molecular formula is C22H27N5O2. The van der Waals surface area contributed by atoms with Gasteiger partial charge in [0.1, 0.15) is 0 Å². The number of ether oxygens (including phenoxy) is 1. The van der Waals surface area contributed by atoms with E-state index < -0.39 is 0 Å². The van der Waals surface area contributed by atoms with Crippen LogP contribution in [-0.4, -0.2) is 32.3 Å². The highest BCUT2D eigenvalue weighted by Gasteiger charge is 2.23. The van der Waals surface area contributed by atoms with Crippen molar-refractivity contribution in [3.63, 3.8) is 0 Å². The van der Waals surface area contributed by atoms with Crippen LogP contribution in [0.5, 0.6) is 5.88 Å². The summed E-state index contributed by atoms with van der Waals surface area (Å²) >= 11 is 0. The molecule has 3 rings (SSSR count). The molecule has 1 aromatic carbocycles. The van der Waals surface area contributed by atoms with Crippen LogP contribution in [-0.2, 0) is 10.2 Å². The van der Waals surface area contributed by atoms with Crippen molar-refractivity contribution >= 4 is 11.6 Å². The van der Waals surface area contributed by atoms with Crippen molar-refractivity contribution in [1.82, 2.24) is 19.7 Å². The van der Waals surface area contributed by atoms with Crippen molar-refractivity contribution in [3.8, 4) is 11.8 Å². The van der Waals surface area contributed by atoms with Gasteiger partial charge >= 0.3 is 0 Å². The van der Waals surface area contributed by atoms with Crippen LogP contribution >= 0.6 is 0 Å². The molecule has 0 spiro atoms. The van der Waals surface area contributed by atoms with Gasteiger partial charge in [0.2, 0.25) is 5.88 Å². The van der Waals surface area contributed by atoms with E-state index in [4.69, 9.17) is 4.74 Å². The second-order valence-electron chi connectivity index (χ2n) is 8.19. The standard InChI is InChI=1S/C22H27N5O2/c1-14-8-7-9-17(10-14)25-19(28)13-29-20-12-18(22(4,5)6)26-27(20)21-23-15(2)11-16(3)24-21/h7-12H,13H2,1-6H3,(H,25,28). The molecule has 0 saturated heterocycles. The molecule has 0 saturated carbocycles. The summed E-state index contributed by atoms with van der Waals surface area (Å²) in [5.74, 6) is 0.605. The van der Waals surface area contributed by atoms with E-state index >= 15 is 0 Å². The van der Waals surface area contributed by atoms with Crippen LogP contribution < -0.4 is 10.1 Å². The molecule has 0 aliphatic heterocycles. The van der Waals surface area contributed by atoms with Crippen LogP contribution in [0.1, 0.15) is 43.4 Å². The Morgan fingerprint density at radius 2 is 1.76 bits per heavy atom. The number of benzene rings is 1. The molecule has 2 heterocycles. The second-order valence-corrected chi connectivity index (χ2v) is 8.19. The number of anilines is 1. The fraction of sp³-hybridized carbons (Fsp3) is 0.364. The highest BCUT2D eigenvalue weighted by molar-refractivity contribution is 5.91. The molecule has 0 radical (unpaired) electrons. The van der Waals surface area contributed by atoms with Crippen LogP contribution in [0.2, 0.25) is 0 Å². The minimum Gasteiger partial charge on any atom is -0.467 e. The summed E-state index contributed by atoms with van der Waals surface area (Å²) in [5, 5.41) is 7.49. The summed E-state index contributed by atoms with van der Waals surface area (Å²) in [6, 6.07) is 11.4. The lowest BCUT2D eigenvalue weighted by atomic mass is 9.93. The number of nitrogens with zero attached hydrogens (tertiary/aromatic N) is 4. The molecule has 1 N–H and O–H groups in total. The summed E-state index contributed by atoms with van der Waals surface area (Å²) in [7, 11) is 0. The van der Waals surface area contributed by atoms with Gasteiger partial charge in [0.15, 0.2) is 6.61 Å². The summed E-state index contributed by atoms with van der Waals surface area (Å²) in [5.41, 5.74) is 4.12. The van der Waals surface area contributed by atoms with Gasteiger partial charge in [-0.2, -0.15) is 9.78 Å². The van der Waals surface area contributed by atoms with E-state index in [9.17, 15) is 4.79 Å². The van der Waals surface area contributed by atoms with Crippen molar-refractivity contribution in [2.75, 3.05) is 11.9 Å². The zero-order chi connectivity index (χ0) is 21.2. The van der Waals surface area contributed by atoms with Gasteiger partial charge in [0, 0.05) is 28.6 Å². The zero-order valence-corrected chi connectivity index (χ0v) is 17.8. The number of aryl methyl sites for hydroxylation is 3. The summed E-state index contributed by atoms with van der Waals surface area (Å²) in [4.78, 5) is 21.3. The first-order valence-corrected chi connectivity index (χ1v) is 9.54. The zero-order valence-electron chi connectivity index (χ0n) is 17.8. The van der Waals surface area contributed by atoms with Crippen LogP contribution in [0, 0.1) is 20.8 Å². The number of nitrogens with one attached hydrogen (secondary N) is 1. The van der Waals surface area contributed by atoms with Crippen molar-refractivity contribution in [1.29, 1.82) is 0 Å². The Kier molecular flexibility index (Phi) is 5.68. The lowest BCUT2D eigenvalue weighted by molar-refractivity contribution is -0.118. The average Bonchev–Trinajstić information content (AvgIpc) is 3.04. The number of rotatable bonds is 5. The highest BCUT2D eigenvalue weighted by Crippen LogP contribution is 2.27. The topological polar surface area (TPSA) is 81.9 Å². The molecule has 0 aliphatic rings. The predicted molar refractivity (Wildman–Crippen MR) is 113 cm³/mol.